The first-order chi connectivity index (χ1) is 12.9. The summed E-state index contributed by atoms with van der Waals surface area (Å²) in [6.07, 6.45) is 0.0679. The normalized spacial score (nSPS) is 16.4. The van der Waals surface area contributed by atoms with Gasteiger partial charge in [0.15, 0.2) is 12.4 Å². The molecule has 1 fully saturated rings. The summed E-state index contributed by atoms with van der Waals surface area (Å²) in [6.45, 7) is 0.222. The highest BCUT2D eigenvalue weighted by atomic mass is 35.5. The number of ether oxygens (including phenoxy) is 1. The van der Waals surface area contributed by atoms with Crippen LogP contribution in [0.25, 0.3) is 0 Å². The minimum Gasteiger partial charge on any atom is -0.457 e. The van der Waals surface area contributed by atoms with Crippen molar-refractivity contribution in [1.29, 1.82) is 0 Å². The summed E-state index contributed by atoms with van der Waals surface area (Å²) in [6, 6.07) is 13.6. The molecule has 0 aromatic heterocycles. The smallest absolute Gasteiger partial charge is 0.311 e. The van der Waals surface area contributed by atoms with E-state index in [1.807, 2.05) is 18.2 Å². The predicted molar refractivity (Wildman–Crippen MR) is 102 cm³/mol. The van der Waals surface area contributed by atoms with E-state index in [1.54, 1.807) is 35.2 Å². The number of benzene rings is 2. The Bertz CT molecular complexity index is 867. The fourth-order valence-corrected chi connectivity index (χ4v) is 3.21. The molecule has 1 saturated heterocycles. The number of carbonyl (C=O) groups is 3. The van der Waals surface area contributed by atoms with Crippen LogP contribution in [0.2, 0.25) is 10.0 Å². The van der Waals surface area contributed by atoms with Crippen molar-refractivity contribution in [3.05, 3.63) is 69.7 Å². The lowest BCUT2D eigenvalue weighted by atomic mass is 10.1. The van der Waals surface area contributed by atoms with Crippen molar-refractivity contribution in [1.82, 2.24) is 4.90 Å². The first kappa shape index (κ1) is 19.4. The average Bonchev–Trinajstić information content (AvgIpc) is 3.02. The second kappa shape index (κ2) is 8.55. The van der Waals surface area contributed by atoms with E-state index in [-0.39, 0.29) is 31.3 Å². The molecule has 2 aromatic rings. The van der Waals surface area contributed by atoms with E-state index in [9.17, 15) is 14.4 Å². The molecule has 0 bridgehead atoms. The van der Waals surface area contributed by atoms with Gasteiger partial charge in [0.25, 0.3) is 0 Å². The minimum absolute atomic E-state index is 0.0679. The third-order valence-corrected chi connectivity index (χ3v) is 5.00. The topological polar surface area (TPSA) is 63.7 Å². The molecule has 7 heteroatoms. The third kappa shape index (κ3) is 4.87. The molecule has 1 atom stereocenters. The number of halogens is 2. The molecule has 0 aliphatic carbocycles. The highest BCUT2D eigenvalue weighted by Gasteiger charge is 2.35. The zero-order valence-electron chi connectivity index (χ0n) is 14.4. The summed E-state index contributed by atoms with van der Waals surface area (Å²) in [5, 5.41) is 1.09. The molecule has 3 rings (SSSR count). The van der Waals surface area contributed by atoms with Crippen molar-refractivity contribution in [3.8, 4) is 0 Å². The maximum Gasteiger partial charge on any atom is 0.311 e. The van der Waals surface area contributed by atoms with Crippen molar-refractivity contribution >= 4 is 40.9 Å². The molecule has 1 amide bonds. The predicted octanol–water partition coefficient (Wildman–Crippen LogP) is 3.77. The number of amides is 1. The molecule has 1 aliphatic rings. The third-order valence-electron chi connectivity index (χ3n) is 4.38. The maximum absolute atomic E-state index is 12.2. The second-order valence-corrected chi connectivity index (χ2v) is 7.15. The van der Waals surface area contributed by atoms with E-state index in [0.29, 0.717) is 22.2 Å². The molecule has 0 spiro atoms. The highest BCUT2D eigenvalue weighted by molar-refractivity contribution is 6.31. The largest absolute Gasteiger partial charge is 0.457 e. The van der Waals surface area contributed by atoms with Gasteiger partial charge in [-0.05, 0) is 35.9 Å². The molecule has 0 saturated carbocycles. The van der Waals surface area contributed by atoms with Crippen LogP contribution in [-0.2, 0) is 20.9 Å². The Morgan fingerprint density at radius 3 is 2.48 bits per heavy atom. The summed E-state index contributed by atoms with van der Waals surface area (Å²) < 4.78 is 5.12. The van der Waals surface area contributed by atoms with Crippen LogP contribution in [0.15, 0.2) is 48.5 Å². The van der Waals surface area contributed by atoms with Crippen molar-refractivity contribution in [3.63, 3.8) is 0 Å². The first-order valence-electron chi connectivity index (χ1n) is 8.40. The molecule has 1 aliphatic heterocycles. The standard InChI is InChI=1S/C20H17Cl2NO4/c21-16-7-5-13(6-8-16)18(24)12-27-20(26)15-9-19(25)23(11-15)10-14-3-1-2-4-17(14)22/h1-8,15H,9-12H2/t15-/m1/s1. The summed E-state index contributed by atoms with van der Waals surface area (Å²) in [7, 11) is 0. The fraction of sp³-hybridized carbons (Fsp3) is 0.250. The molecule has 5 nitrogen and oxygen atoms in total. The molecule has 0 N–H and O–H groups in total. The van der Waals surface area contributed by atoms with Gasteiger partial charge in [0.05, 0.1) is 5.92 Å². The van der Waals surface area contributed by atoms with Crippen LogP contribution in [0, 0.1) is 5.92 Å². The van der Waals surface area contributed by atoms with E-state index < -0.39 is 11.9 Å². The summed E-state index contributed by atoms with van der Waals surface area (Å²) >= 11 is 11.9. The van der Waals surface area contributed by atoms with Crippen LogP contribution in [0.4, 0.5) is 0 Å². The van der Waals surface area contributed by atoms with Crippen molar-refractivity contribution in [2.24, 2.45) is 5.92 Å². The van der Waals surface area contributed by atoms with Crippen molar-refractivity contribution in [2.75, 3.05) is 13.2 Å². The van der Waals surface area contributed by atoms with Crippen LogP contribution in [0.5, 0.6) is 0 Å². The number of hydrogen-bond acceptors (Lipinski definition) is 4. The number of esters is 1. The van der Waals surface area contributed by atoms with E-state index in [2.05, 4.69) is 0 Å². The van der Waals surface area contributed by atoms with Crippen LogP contribution in [-0.4, -0.2) is 35.7 Å². The van der Waals surface area contributed by atoms with Crippen molar-refractivity contribution in [2.45, 2.75) is 13.0 Å². The van der Waals surface area contributed by atoms with E-state index in [4.69, 9.17) is 27.9 Å². The van der Waals surface area contributed by atoms with Gasteiger partial charge in [-0.2, -0.15) is 0 Å². The number of rotatable bonds is 6. The number of Topliss-reactive ketones (excluding diaryl/α,β-unsaturated/α-hetero) is 1. The lowest BCUT2D eigenvalue weighted by Crippen LogP contribution is -2.27. The zero-order valence-corrected chi connectivity index (χ0v) is 15.9. The number of likely N-dealkylation sites (tertiary alicyclic amines) is 1. The van der Waals surface area contributed by atoms with Gasteiger partial charge in [0.2, 0.25) is 5.91 Å². The van der Waals surface area contributed by atoms with E-state index >= 15 is 0 Å². The van der Waals surface area contributed by atoms with Gasteiger partial charge in [-0.1, -0.05) is 41.4 Å². The van der Waals surface area contributed by atoms with Gasteiger partial charge in [-0.3, -0.25) is 14.4 Å². The Balaban J connectivity index is 1.53. The van der Waals surface area contributed by atoms with Gasteiger partial charge in [0.1, 0.15) is 0 Å². The van der Waals surface area contributed by atoms with Crippen molar-refractivity contribution < 1.29 is 19.1 Å². The molecule has 140 valence electrons. The summed E-state index contributed by atoms with van der Waals surface area (Å²) in [4.78, 5) is 38.1. The fourth-order valence-electron chi connectivity index (χ4n) is 2.89. The van der Waals surface area contributed by atoms with Crippen LogP contribution < -0.4 is 0 Å². The van der Waals surface area contributed by atoms with Crippen LogP contribution in [0.3, 0.4) is 0 Å². The molecule has 27 heavy (non-hydrogen) atoms. The summed E-state index contributed by atoms with van der Waals surface area (Å²) in [5.74, 6) is -1.59. The van der Waals surface area contributed by atoms with E-state index in [1.165, 1.54) is 0 Å². The SMILES string of the molecule is O=C(COC(=O)[C@@H]1CC(=O)N(Cc2ccccc2Cl)C1)c1ccc(Cl)cc1. The Morgan fingerprint density at radius 2 is 1.78 bits per heavy atom. The molecular formula is C20H17Cl2NO4. The molecule has 0 unspecified atom stereocenters. The number of nitrogens with zero attached hydrogens (tertiary/aromatic N) is 1. The minimum atomic E-state index is -0.585. The Labute approximate surface area is 166 Å². The molecular weight excluding hydrogens is 389 g/mol. The number of ketones is 1. The molecule has 1 heterocycles. The zero-order chi connectivity index (χ0) is 19.4. The second-order valence-electron chi connectivity index (χ2n) is 6.30. The van der Waals surface area contributed by atoms with E-state index in [0.717, 1.165) is 5.56 Å². The Morgan fingerprint density at radius 1 is 1.07 bits per heavy atom. The Kier molecular flexibility index (Phi) is 6.14. The monoisotopic (exact) mass is 405 g/mol. The van der Waals surface area contributed by atoms with Gasteiger partial charge in [0, 0.05) is 35.1 Å². The first-order valence-corrected chi connectivity index (χ1v) is 9.16. The quantitative estimate of drug-likeness (QED) is 0.541. The highest BCUT2D eigenvalue weighted by Crippen LogP contribution is 2.24. The average molecular weight is 406 g/mol. The van der Waals surface area contributed by atoms with Crippen LogP contribution in [0.1, 0.15) is 22.3 Å². The number of hydrogen-bond donors (Lipinski definition) is 0. The lowest BCUT2D eigenvalue weighted by molar-refractivity contribution is -0.147. The van der Waals surface area contributed by atoms with Gasteiger partial charge in [-0.15, -0.1) is 0 Å². The maximum atomic E-state index is 12.2. The van der Waals surface area contributed by atoms with Gasteiger partial charge >= 0.3 is 5.97 Å². The number of carbonyl (C=O) groups excluding carboxylic acids is 3. The van der Waals surface area contributed by atoms with Gasteiger partial charge in [-0.25, -0.2) is 0 Å². The summed E-state index contributed by atoms with van der Waals surface area (Å²) in [5.41, 5.74) is 1.23. The van der Waals surface area contributed by atoms with Crippen LogP contribution >= 0.6 is 23.2 Å². The van der Waals surface area contributed by atoms with Gasteiger partial charge < -0.3 is 9.64 Å². The lowest BCUT2D eigenvalue weighted by Gasteiger charge is -2.17. The molecule has 0 radical (unpaired) electrons. The Hall–Kier alpha value is -2.37. The molecule has 2 aromatic carbocycles.